The van der Waals surface area contributed by atoms with Crippen LogP contribution >= 0.6 is 15.9 Å². The molecule has 1 N–H and O–H groups in total. The third kappa shape index (κ3) is 3.44. The zero-order chi connectivity index (χ0) is 16.2. The maximum absolute atomic E-state index is 12.5. The maximum atomic E-state index is 12.5. The first-order valence-corrected chi connectivity index (χ1v) is 8.16. The lowest BCUT2D eigenvalue weighted by Crippen LogP contribution is -2.31. The molecule has 0 bridgehead atoms. The first kappa shape index (κ1) is 15.7. The lowest BCUT2D eigenvalue weighted by Gasteiger charge is -2.18. The minimum Gasteiger partial charge on any atom is -0.465 e. The Morgan fingerprint density at radius 3 is 3.00 bits per heavy atom. The number of halogens is 1. The van der Waals surface area contributed by atoms with Gasteiger partial charge in [0.05, 0.1) is 18.5 Å². The van der Waals surface area contributed by atoms with Crippen LogP contribution < -0.4 is 4.90 Å². The molecule has 1 aromatic heterocycles. The van der Waals surface area contributed by atoms with Crippen molar-refractivity contribution in [3.63, 3.8) is 0 Å². The predicted molar refractivity (Wildman–Crippen MR) is 87.9 cm³/mol. The molecule has 7 heteroatoms. The Hall–Kier alpha value is -2.15. The quantitative estimate of drug-likeness (QED) is 0.640. The molecule has 1 fully saturated rings. The number of H-pyrrole nitrogens is 1. The molecule has 0 aliphatic carbocycles. The Balaban J connectivity index is 1.58. The van der Waals surface area contributed by atoms with E-state index in [1.807, 2.05) is 24.3 Å². The number of amides is 1. The summed E-state index contributed by atoms with van der Waals surface area (Å²) in [6.45, 7) is 0.764. The Kier molecular flexibility index (Phi) is 4.76. The summed E-state index contributed by atoms with van der Waals surface area (Å²) in [5.41, 5.74) is 1.75. The van der Waals surface area contributed by atoms with Crippen molar-refractivity contribution in [3.05, 3.63) is 46.7 Å². The van der Waals surface area contributed by atoms with Gasteiger partial charge in [-0.1, -0.05) is 12.1 Å². The predicted octanol–water partition coefficient (Wildman–Crippen LogP) is 2.31. The van der Waals surface area contributed by atoms with Crippen molar-refractivity contribution in [2.75, 3.05) is 18.1 Å². The molecular weight excluding hydrogens is 362 g/mol. The lowest BCUT2D eigenvalue weighted by molar-refractivity contribution is -0.150. The van der Waals surface area contributed by atoms with Crippen molar-refractivity contribution < 1.29 is 14.3 Å². The van der Waals surface area contributed by atoms with Gasteiger partial charge in [0.25, 0.3) is 0 Å². The third-order valence-electron chi connectivity index (χ3n) is 3.82. The summed E-state index contributed by atoms with van der Waals surface area (Å²) in [5.74, 6) is -1.37. The first-order valence-electron chi connectivity index (χ1n) is 7.37. The number of nitrogens with one attached hydrogen (secondary N) is 1. The Morgan fingerprint density at radius 2 is 2.26 bits per heavy atom. The molecule has 1 amide bonds. The van der Waals surface area contributed by atoms with Crippen molar-refractivity contribution in [2.24, 2.45) is 5.92 Å². The number of aromatic nitrogens is 2. The van der Waals surface area contributed by atoms with Gasteiger partial charge in [0.2, 0.25) is 5.91 Å². The lowest BCUT2D eigenvalue weighted by atomic mass is 10.1. The fourth-order valence-corrected chi connectivity index (χ4v) is 3.09. The highest BCUT2D eigenvalue weighted by Gasteiger charge is 2.39. The second kappa shape index (κ2) is 6.95. The van der Waals surface area contributed by atoms with Crippen molar-refractivity contribution in [1.29, 1.82) is 0 Å². The number of esters is 1. The number of para-hydroxylation sites is 1. The number of nitrogens with zero attached hydrogens (tertiary/aromatic N) is 2. The minimum atomic E-state index is -0.716. The molecule has 0 radical (unpaired) electrons. The molecule has 1 aliphatic rings. The summed E-state index contributed by atoms with van der Waals surface area (Å²) in [6.07, 6.45) is 4.49. The summed E-state index contributed by atoms with van der Waals surface area (Å²) >= 11 is 3.44. The topological polar surface area (TPSA) is 75.3 Å². The summed E-state index contributed by atoms with van der Waals surface area (Å²) in [5, 5.41) is 6.53. The van der Waals surface area contributed by atoms with Gasteiger partial charge >= 0.3 is 5.97 Å². The number of benzene rings is 1. The van der Waals surface area contributed by atoms with Gasteiger partial charge in [-0.15, -0.1) is 0 Å². The summed E-state index contributed by atoms with van der Waals surface area (Å²) < 4.78 is 6.08. The second-order valence-corrected chi connectivity index (χ2v) is 6.16. The fraction of sp³-hybridized carbons (Fsp3) is 0.312. The zero-order valence-electron chi connectivity index (χ0n) is 12.4. The van der Waals surface area contributed by atoms with E-state index < -0.39 is 11.9 Å². The van der Waals surface area contributed by atoms with Gasteiger partial charge < -0.3 is 9.64 Å². The van der Waals surface area contributed by atoms with Crippen LogP contribution in [0, 0.1) is 5.92 Å². The van der Waals surface area contributed by atoms with Crippen LogP contribution in [-0.2, 0) is 20.7 Å². The van der Waals surface area contributed by atoms with Gasteiger partial charge in [0.15, 0.2) is 0 Å². The highest BCUT2D eigenvalue weighted by molar-refractivity contribution is 9.10. The minimum absolute atomic E-state index is 0.204. The number of hydrogen-bond acceptors (Lipinski definition) is 4. The largest absolute Gasteiger partial charge is 0.465 e. The molecule has 0 spiro atoms. The first-order chi connectivity index (χ1) is 11.2. The fourth-order valence-electron chi connectivity index (χ4n) is 2.59. The molecule has 1 saturated heterocycles. The number of carbonyl (C=O) groups excluding carboxylic acids is 2. The highest BCUT2D eigenvalue weighted by Crippen LogP contribution is 2.31. The van der Waals surface area contributed by atoms with Crippen LogP contribution in [0.5, 0.6) is 0 Å². The smallest absolute Gasteiger partial charge is 0.318 e. The van der Waals surface area contributed by atoms with Crippen molar-refractivity contribution in [1.82, 2.24) is 10.2 Å². The molecular formula is C16H16BrN3O3. The van der Waals surface area contributed by atoms with Crippen LogP contribution in [0.2, 0.25) is 0 Å². The van der Waals surface area contributed by atoms with E-state index >= 15 is 0 Å². The molecule has 1 aliphatic heterocycles. The van der Waals surface area contributed by atoms with Crippen LogP contribution in [0.3, 0.4) is 0 Å². The monoisotopic (exact) mass is 377 g/mol. The molecule has 1 atom stereocenters. The maximum Gasteiger partial charge on any atom is 0.318 e. The van der Waals surface area contributed by atoms with E-state index in [-0.39, 0.29) is 12.5 Å². The van der Waals surface area contributed by atoms with Crippen LogP contribution in [-0.4, -0.2) is 35.2 Å². The highest BCUT2D eigenvalue weighted by atomic mass is 79.9. The number of anilines is 1. The van der Waals surface area contributed by atoms with Gasteiger partial charge in [-0.2, -0.15) is 5.10 Å². The molecule has 0 saturated carbocycles. The van der Waals surface area contributed by atoms with Crippen LogP contribution in [0.1, 0.15) is 12.0 Å². The average molecular weight is 378 g/mol. The molecule has 2 aromatic rings. The normalized spacial score (nSPS) is 17.5. The van der Waals surface area contributed by atoms with E-state index in [4.69, 9.17) is 4.74 Å². The molecule has 1 aromatic carbocycles. The van der Waals surface area contributed by atoms with E-state index in [9.17, 15) is 9.59 Å². The number of hydrogen-bond donors (Lipinski definition) is 1. The van der Waals surface area contributed by atoms with E-state index in [0.29, 0.717) is 19.4 Å². The number of ether oxygens (including phenoxy) is 1. The zero-order valence-corrected chi connectivity index (χ0v) is 14.0. The van der Waals surface area contributed by atoms with E-state index in [1.54, 1.807) is 17.3 Å². The number of rotatable bonds is 5. The summed E-state index contributed by atoms with van der Waals surface area (Å²) in [4.78, 5) is 26.3. The molecule has 3 rings (SSSR count). The summed E-state index contributed by atoms with van der Waals surface area (Å²) in [7, 11) is 0. The molecule has 2 heterocycles. The van der Waals surface area contributed by atoms with Crippen molar-refractivity contribution in [2.45, 2.75) is 12.8 Å². The van der Waals surface area contributed by atoms with Crippen LogP contribution in [0.25, 0.3) is 0 Å². The molecule has 120 valence electrons. The second-order valence-electron chi connectivity index (χ2n) is 5.31. The van der Waals surface area contributed by atoms with Gasteiger partial charge in [0, 0.05) is 23.6 Å². The average Bonchev–Trinajstić information content (AvgIpc) is 3.18. The van der Waals surface area contributed by atoms with Crippen molar-refractivity contribution >= 4 is 33.5 Å². The molecule has 23 heavy (non-hydrogen) atoms. The van der Waals surface area contributed by atoms with Gasteiger partial charge in [-0.3, -0.25) is 14.7 Å². The van der Waals surface area contributed by atoms with E-state index in [2.05, 4.69) is 26.1 Å². The van der Waals surface area contributed by atoms with Crippen molar-refractivity contribution in [3.8, 4) is 0 Å². The molecule has 6 nitrogen and oxygen atoms in total. The standard InChI is InChI=1S/C16H16BrN3O3/c17-13-3-1-2-4-14(13)20-7-5-12(15(20)21)16(22)23-8-6-11-9-18-19-10-11/h1-4,9-10,12H,5-8H2,(H,18,19)/t12-/m1/s1. The SMILES string of the molecule is O=C(OCCc1cn[nH]c1)[C@@H]1CCN(c2ccccc2Br)C1=O. The van der Waals surface area contributed by atoms with Gasteiger partial charge in [-0.25, -0.2) is 0 Å². The Bertz CT molecular complexity index is 702. The van der Waals surface area contributed by atoms with Gasteiger partial charge in [0.1, 0.15) is 5.92 Å². The Labute approximate surface area is 141 Å². The third-order valence-corrected chi connectivity index (χ3v) is 4.49. The summed E-state index contributed by atoms with van der Waals surface area (Å²) in [6, 6.07) is 7.48. The Morgan fingerprint density at radius 1 is 1.43 bits per heavy atom. The molecule has 0 unspecified atom stereocenters. The van der Waals surface area contributed by atoms with E-state index in [0.717, 1.165) is 15.7 Å². The van der Waals surface area contributed by atoms with Gasteiger partial charge in [-0.05, 0) is 40.0 Å². The number of aromatic amines is 1. The van der Waals surface area contributed by atoms with Crippen LogP contribution in [0.15, 0.2) is 41.1 Å². The number of carbonyl (C=O) groups is 2. The van der Waals surface area contributed by atoms with Crippen LogP contribution in [0.4, 0.5) is 5.69 Å². The van der Waals surface area contributed by atoms with E-state index in [1.165, 1.54) is 0 Å².